The Morgan fingerprint density at radius 2 is 1.85 bits per heavy atom. The van der Waals surface area contributed by atoms with Crippen LogP contribution in [-0.4, -0.2) is 18.1 Å². The summed E-state index contributed by atoms with van der Waals surface area (Å²) in [6.45, 7) is 4.11. The SMILES string of the molecule is CC[C@@H](C)NC(=O)NC1CCC(c2ccccc2)CC1. The van der Waals surface area contributed by atoms with E-state index in [9.17, 15) is 4.79 Å². The van der Waals surface area contributed by atoms with Gasteiger partial charge >= 0.3 is 6.03 Å². The van der Waals surface area contributed by atoms with Crippen LogP contribution in [0, 0.1) is 0 Å². The van der Waals surface area contributed by atoms with Gasteiger partial charge in [-0.15, -0.1) is 0 Å². The normalized spacial score (nSPS) is 23.9. The minimum absolute atomic E-state index is 0.0116. The lowest BCUT2D eigenvalue weighted by Gasteiger charge is -2.29. The largest absolute Gasteiger partial charge is 0.336 e. The molecule has 0 bridgehead atoms. The molecule has 1 saturated carbocycles. The van der Waals surface area contributed by atoms with Gasteiger partial charge in [0.1, 0.15) is 0 Å². The van der Waals surface area contributed by atoms with Gasteiger partial charge in [0.05, 0.1) is 0 Å². The van der Waals surface area contributed by atoms with Gasteiger partial charge in [-0.05, 0) is 50.5 Å². The van der Waals surface area contributed by atoms with Crippen molar-refractivity contribution >= 4 is 6.03 Å². The van der Waals surface area contributed by atoms with Gasteiger partial charge in [0.15, 0.2) is 0 Å². The molecule has 1 fully saturated rings. The molecular weight excluding hydrogens is 248 g/mol. The summed E-state index contributed by atoms with van der Waals surface area (Å²) in [7, 11) is 0. The summed E-state index contributed by atoms with van der Waals surface area (Å²) in [5.41, 5.74) is 1.44. The van der Waals surface area contributed by atoms with E-state index in [1.807, 2.05) is 6.92 Å². The number of urea groups is 1. The van der Waals surface area contributed by atoms with Crippen LogP contribution < -0.4 is 10.6 Å². The van der Waals surface area contributed by atoms with Crippen molar-refractivity contribution in [1.82, 2.24) is 10.6 Å². The molecule has 0 heterocycles. The summed E-state index contributed by atoms with van der Waals surface area (Å²) in [5, 5.41) is 6.08. The van der Waals surface area contributed by atoms with Crippen LogP contribution in [0.2, 0.25) is 0 Å². The molecule has 3 heteroatoms. The average molecular weight is 274 g/mol. The van der Waals surface area contributed by atoms with Crippen LogP contribution in [0.25, 0.3) is 0 Å². The molecule has 0 saturated heterocycles. The monoisotopic (exact) mass is 274 g/mol. The molecule has 0 aromatic heterocycles. The molecule has 2 N–H and O–H groups in total. The van der Waals surface area contributed by atoms with E-state index in [0.29, 0.717) is 12.0 Å². The summed E-state index contributed by atoms with van der Waals surface area (Å²) < 4.78 is 0. The summed E-state index contributed by atoms with van der Waals surface area (Å²) in [6, 6.07) is 11.3. The van der Waals surface area contributed by atoms with E-state index < -0.39 is 0 Å². The molecule has 20 heavy (non-hydrogen) atoms. The van der Waals surface area contributed by atoms with Gasteiger partial charge in [-0.1, -0.05) is 37.3 Å². The van der Waals surface area contributed by atoms with E-state index in [2.05, 4.69) is 47.9 Å². The highest BCUT2D eigenvalue weighted by molar-refractivity contribution is 5.74. The van der Waals surface area contributed by atoms with E-state index in [1.165, 1.54) is 5.56 Å². The van der Waals surface area contributed by atoms with Crippen molar-refractivity contribution in [2.45, 2.75) is 64.0 Å². The van der Waals surface area contributed by atoms with Crippen molar-refractivity contribution in [3.8, 4) is 0 Å². The van der Waals surface area contributed by atoms with Crippen LogP contribution >= 0.6 is 0 Å². The van der Waals surface area contributed by atoms with Gasteiger partial charge in [-0.25, -0.2) is 4.79 Å². The summed E-state index contributed by atoms with van der Waals surface area (Å²) in [4.78, 5) is 11.8. The van der Waals surface area contributed by atoms with Crippen LogP contribution in [0.15, 0.2) is 30.3 Å². The molecule has 2 amide bonds. The van der Waals surface area contributed by atoms with Gasteiger partial charge in [-0.2, -0.15) is 0 Å². The Bertz CT molecular complexity index is 410. The molecule has 2 rings (SSSR count). The minimum atomic E-state index is -0.0116. The maximum absolute atomic E-state index is 11.8. The molecule has 3 nitrogen and oxygen atoms in total. The highest BCUT2D eigenvalue weighted by atomic mass is 16.2. The first-order valence-corrected chi connectivity index (χ1v) is 7.81. The fourth-order valence-electron chi connectivity index (χ4n) is 2.85. The lowest BCUT2D eigenvalue weighted by atomic mass is 9.82. The summed E-state index contributed by atoms with van der Waals surface area (Å²) in [6.07, 6.45) is 5.45. The highest BCUT2D eigenvalue weighted by Gasteiger charge is 2.23. The third kappa shape index (κ3) is 4.26. The quantitative estimate of drug-likeness (QED) is 0.861. The number of carbonyl (C=O) groups is 1. The highest BCUT2D eigenvalue weighted by Crippen LogP contribution is 2.32. The van der Waals surface area contributed by atoms with Crippen LogP contribution in [0.5, 0.6) is 0 Å². The lowest BCUT2D eigenvalue weighted by Crippen LogP contribution is -2.46. The van der Waals surface area contributed by atoms with Crippen molar-refractivity contribution in [3.05, 3.63) is 35.9 Å². The van der Waals surface area contributed by atoms with Gasteiger partial charge in [0, 0.05) is 12.1 Å². The number of hydrogen-bond donors (Lipinski definition) is 2. The molecule has 0 aliphatic heterocycles. The number of hydrogen-bond acceptors (Lipinski definition) is 1. The Morgan fingerprint density at radius 3 is 2.45 bits per heavy atom. The maximum Gasteiger partial charge on any atom is 0.315 e. The standard InChI is InChI=1S/C17H26N2O/c1-3-13(2)18-17(20)19-16-11-9-15(10-12-16)14-7-5-4-6-8-14/h4-8,13,15-16H,3,9-12H2,1-2H3,(H2,18,19,20)/t13-,15?,16?/m1/s1. The Hall–Kier alpha value is -1.51. The average Bonchev–Trinajstić information content (AvgIpc) is 2.48. The summed E-state index contributed by atoms with van der Waals surface area (Å²) >= 11 is 0. The van der Waals surface area contributed by atoms with Crippen molar-refractivity contribution in [2.24, 2.45) is 0 Å². The van der Waals surface area contributed by atoms with Crippen molar-refractivity contribution in [2.75, 3.05) is 0 Å². The van der Waals surface area contributed by atoms with E-state index in [0.717, 1.165) is 32.1 Å². The summed E-state index contributed by atoms with van der Waals surface area (Å²) in [5.74, 6) is 0.659. The predicted octanol–water partition coefficient (Wildman–Crippen LogP) is 3.81. The van der Waals surface area contributed by atoms with Crippen LogP contribution in [0.4, 0.5) is 4.79 Å². The van der Waals surface area contributed by atoms with E-state index in [4.69, 9.17) is 0 Å². The number of rotatable bonds is 4. The zero-order valence-electron chi connectivity index (χ0n) is 12.6. The van der Waals surface area contributed by atoms with E-state index >= 15 is 0 Å². The zero-order chi connectivity index (χ0) is 14.4. The van der Waals surface area contributed by atoms with E-state index in [1.54, 1.807) is 0 Å². The fourth-order valence-corrected chi connectivity index (χ4v) is 2.85. The smallest absolute Gasteiger partial charge is 0.315 e. The lowest BCUT2D eigenvalue weighted by molar-refractivity contribution is 0.228. The third-order valence-electron chi connectivity index (χ3n) is 4.32. The predicted molar refractivity (Wildman–Crippen MR) is 82.9 cm³/mol. The van der Waals surface area contributed by atoms with Crippen molar-refractivity contribution < 1.29 is 4.79 Å². The molecule has 1 aliphatic rings. The Morgan fingerprint density at radius 1 is 1.20 bits per heavy atom. The minimum Gasteiger partial charge on any atom is -0.336 e. The maximum atomic E-state index is 11.8. The number of carbonyl (C=O) groups excluding carboxylic acids is 1. The third-order valence-corrected chi connectivity index (χ3v) is 4.32. The first kappa shape index (κ1) is 14.9. The van der Waals surface area contributed by atoms with Gasteiger partial charge in [0.2, 0.25) is 0 Å². The van der Waals surface area contributed by atoms with Gasteiger partial charge < -0.3 is 10.6 Å². The van der Waals surface area contributed by atoms with Gasteiger partial charge in [-0.3, -0.25) is 0 Å². The van der Waals surface area contributed by atoms with Crippen LogP contribution in [0.1, 0.15) is 57.4 Å². The van der Waals surface area contributed by atoms with Crippen molar-refractivity contribution in [1.29, 1.82) is 0 Å². The molecule has 0 spiro atoms. The van der Waals surface area contributed by atoms with E-state index in [-0.39, 0.29) is 12.1 Å². The Balaban J connectivity index is 1.76. The molecular formula is C17H26N2O. The van der Waals surface area contributed by atoms with Crippen molar-refractivity contribution in [3.63, 3.8) is 0 Å². The molecule has 1 aromatic rings. The number of benzene rings is 1. The second kappa shape index (κ2) is 7.32. The second-order valence-corrected chi connectivity index (χ2v) is 5.89. The first-order chi connectivity index (χ1) is 9.69. The van der Waals surface area contributed by atoms with Crippen LogP contribution in [0.3, 0.4) is 0 Å². The topological polar surface area (TPSA) is 41.1 Å². The molecule has 0 unspecified atom stereocenters. The first-order valence-electron chi connectivity index (χ1n) is 7.81. The molecule has 1 aliphatic carbocycles. The molecule has 1 aromatic carbocycles. The zero-order valence-corrected chi connectivity index (χ0v) is 12.6. The number of amides is 2. The molecule has 1 atom stereocenters. The molecule has 0 radical (unpaired) electrons. The van der Waals surface area contributed by atoms with Crippen LogP contribution in [-0.2, 0) is 0 Å². The Kier molecular flexibility index (Phi) is 5.45. The number of nitrogens with one attached hydrogen (secondary N) is 2. The van der Waals surface area contributed by atoms with Gasteiger partial charge in [0.25, 0.3) is 0 Å². The fraction of sp³-hybridized carbons (Fsp3) is 0.588. The second-order valence-electron chi connectivity index (χ2n) is 5.89. The Labute approximate surface area is 122 Å². The molecule has 110 valence electrons.